The first kappa shape index (κ1) is 12.9. The van der Waals surface area contributed by atoms with E-state index in [2.05, 4.69) is 10.3 Å². The Morgan fingerprint density at radius 3 is 2.79 bits per heavy atom. The molecule has 0 aliphatic carbocycles. The lowest BCUT2D eigenvalue weighted by molar-refractivity contribution is -0.384. The number of halogens is 1. The van der Waals surface area contributed by atoms with Crippen molar-refractivity contribution >= 4 is 11.4 Å². The fourth-order valence-corrected chi connectivity index (χ4v) is 1.60. The van der Waals surface area contributed by atoms with Crippen molar-refractivity contribution in [1.29, 1.82) is 0 Å². The Morgan fingerprint density at radius 2 is 2.16 bits per heavy atom. The highest BCUT2D eigenvalue weighted by Gasteiger charge is 2.14. The summed E-state index contributed by atoms with van der Waals surface area (Å²) in [6.45, 7) is 2.21. The van der Waals surface area contributed by atoms with Crippen LogP contribution >= 0.6 is 0 Å². The molecule has 98 valence electrons. The molecule has 0 atom stereocenters. The van der Waals surface area contributed by atoms with Crippen LogP contribution in [0.15, 0.2) is 36.5 Å². The molecule has 0 radical (unpaired) electrons. The van der Waals surface area contributed by atoms with Crippen molar-refractivity contribution in [3.8, 4) is 0 Å². The van der Waals surface area contributed by atoms with Gasteiger partial charge in [0.05, 0.1) is 17.2 Å². The van der Waals surface area contributed by atoms with Crippen molar-refractivity contribution in [1.82, 2.24) is 4.98 Å². The molecular weight excluding hydrogens is 249 g/mol. The van der Waals surface area contributed by atoms with Gasteiger partial charge >= 0.3 is 0 Å². The van der Waals surface area contributed by atoms with Crippen LogP contribution in [0.4, 0.5) is 15.8 Å². The molecule has 5 nitrogen and oxygen atoms in total. The van der Waals surface area contributed by atoms with Crippen LogP contribution < -0.4 is 5.32 Å². The molecule has 6 heteroatoms. The van der Waals surface area contributed by atoms with E-state index in [1.807, 2.05) is 19.1 Å². The number of benzene rings is 1. The van der Waals surface area contributed by atoms with Gasteiger partial charge in [0.25, 0.3) is 5.69 Å². The van der Waals surface area contributed by atoms with Crippen LogP contribution in [0.25, 0.3) is 0 Å². The first-order chi connectivity index (χ1) is 9.06. The second-order valence-corrected chi connectivity index (χ2v) is 4.10. The number of nitrogens with one attached hydrogen (secondary N) is 1. The van der Waals surface area contributed by atoms with Gasteiger partial charge in [-0.25, -0.2) is 4.39 Å². The molecule has 1 aromatic carbocycles. The molecule has 0 saturated carbocycles. The third-order valence-electron chi connectivity index (χ3n) is 2.59. The van der Waals surface area contributed by atoms with Crippen LogP contribution in [0.2, 0.25) is 0 Å². The van der Waals surface area contributed by atoms with Gasteiger partial charge in [0.2, 0.25) is 0 Å². The van der Waals surface area contributed by atoms with Crippen LogP contribution in [-0.2, 0) is 6.54 Å². The highest BCUT2D eigenvalue weighted by molar-refractivity contribution is 5.61. The number of nitro groups is 1. The maximum atomic E-state index is 13.1. The Kier molecular flexibility index (Phi) is 3.70. The number of pyridine rings is 1. The van der Waals surface area contributed by atoms with E-state index in [1.54, 1.807) is 6.20 Å². The smallest absolute Gasteiger partial charge is 0.292 e. The molecule has 1 aromatic heterocycles. The topological polar surface area (TPSA) is 68.1 Å². The number of rotatable bonds is 4. The largest absolute Gasteiger partial charge is 0.374 e. The summed E-state index contributed by atoms with van der Waals surface area (Å²) in [6.07, 6.45) is 1.71. The molecular formula is C13H12FN3O2. The van der Waals surface area contributed by atoms with Crippen LogP contribution in [0.1, 0.15) is 11.3 Å². The normalized spacial score (nSPS) is 10.2. The SMILES string of the molecule is Cc1ccc(CNc2cc(F)ccc2[N+](=O)[O-])nc1. The Balaban J connectivity index is 2.16. The molecule has 2 aromatic rings. The van der Waals surface area contributed by atoms with Crippen molar-refractivity contribution in [2.24, 2.45) is 0 Å². The van der Waals surface area contributed by atoms with Gasteiger partial charge in [-0.3, -0.25) is 15.1 Å². The molecule has 0 aliphatic heterocycles. The van der Waals surface area contributed by atoms with Crippen LogP contribution in [0.3, 0.4) is 0 Å². The van der Waals surface area contributed by atoms with Gasteiger partial charge in [-0.15, -0.1) is 0 Å². The predicted octanol–water partition coefficient (Wildman–Crippen LogP) is 3.05. The molecule has 2 rings (SSSR count). The summed E-state index contributed by atoms with van der Waals surface area (Å²) in [5, 5.41) is 13.6. The lowest BCUT2D eigenvalue weighted by Crippen LogP contribution is -2.04. The minimum atomic E-state index is -0.551. The van der Waals surface area contributed by atoms with E-state index in [4.69, 9.17) is 0 Å². The third kappa shape index (κ3) is 3.25. The lowest BCUT2D eigenvalue weighted by Gasteiger charge is -2.07. The molecule has 0 saturated heterocycles. The summed E-state index contributed by atoms with van der Waals surface area (Å²) in [7, 11) is 0. The fraction of sp³-hybridized carbons (Fsp3) is 0.154. The number of anilines is 1. The number of aromatic nitrogens is 1. The van der Waals surface area contributed by atoms with Crippen molar-refractivity contribution < 1.29 is 9.31 Å². The van der Waals surface area contributed by atoms with E-state index in [0.717, 1.165) is 29.5 Å². The third-order valence-corrected chi connectivity index (χ3v) is 2.59. The van der Waals surface area contributed by atoms with Crippen LogP contribution in [0.5, 0.6) is 0 Å². The molecule has 0 unspecified atom stereocenters. The maximum absolute atomic E-state index is 13.1. The summed E-state index contributed by atoms with van der Waals surface area (Å²) in [5.74, 6) is -0.523. The molecule has 0 bridgehead atoms. The standard InChI is InChI=1S/C13H12FN3O2/c1-9-2-4-11(15-7-9)8-16-12-6-10(14)3-5-13(12)17(18)19/h2-7,16H,8H2,1H3. The van der Waals surface area contributed by atoms with E-state index in [0.29, 0.717) is 6.54 Å². The molecule has 0 spiro atoms. The molecule has 1 heterocycles. The summed E-state index contributed by atoms with van der Waals surface area (Å²) in [4.78, 5) is 14.4. The van der Waals surface area contributed by atoms with Crippen molar-refractivity contribution in [2.45, 2.75) is 13.5 Å². The van der Waals surface area contributed by atoms with E-state index in [-0.39, 0.29) is 11.4 Å². The van der Waals surface area contributed by atoms with E-state index < -0.39 is 10.7 Å². The van der Waals surface area contributed by atoms with Crippen molar-refractivity contribution in [3.63, 3.8) is 0 Å². The summed E-state index contributed by atoms with van der Waals surface area (Å²) in [6, 6.07) is 7.01. The van der Waals surface area contributed by atoms with Gasteiger partial charge in [-0.05, 0) is 24.6 Å². The predicted molar refractivity (Wildman–Crippen MR) is 69.4 cm³/mol. The summed E-state index contributed by atoms with van der Waals surface area (Å²) < 4.78 is 13.1. The van der Waals surface area contributed by atoms with Gasteiger partial charge in [0.15, 0.2) is 0 Å². The highest BCUT2D eigenvalue weighted by Crippen LogP contribution is 2.25. The zero-order chi connectivity index (χ0) is 13.8. The minimum Gasteiger partial charge on any atom is -0.374 e. The van der Waals surface area contributed by atoms with Crippen molar-refractivity contribution in [2.75, 3.05) is 5.32 Å². The molecule has 0 amide bonds. The second kappa shape index (κ2) is 5.43. The fourth-order valence-electron chi connectivity index (χ4n) is 1.60. The van der Waals surface area contributed by atoms with Crippen LogP contribution in [-0.4, -0.2) is 9.91 Å². The number of hydrogen-bond donors (Lipinski definition) is 1. The number of hydrogen-bond acceptors (Lipinski definition) is 4. The molecule has 1 N–H and O–H groups in total. The first-order valence-electron chi connectivity index (χ1n) is 5.65. The van der Waals surface area contributed by atoms with Gasteiger partial charge in [0.1, 0.15) is 11.5 Å². The Morgan fingerprint density at radius 1 is 1.37 bits per heavy atom. The Labute approximate surface area is 109 Å². The monoisotopic (exact) mass is 261 g/mol. The lowest BCUT2D eigenvalue weighted by atomic mass is 10.2. The van der Waals surface area contributed by atoms with Crippen LogP contribution in [0, 0.1) is 22.9 Å². The van der Waals surface area contributed by atoms with E-state index in [1.165, 1.54) is 0 Å². The highest BCUT2D eigenvalue weighted by atomic mass is 19.1. The van der Waals surface area contributed by atoms with E-state index >= 15 is 0 Å². The number of nitro benzene ring substituents is 1. The van der Waals surface area contributed by atoms with Gasteiger partial charge in [0, 0.05) is 18.3 Å². The molecule has 0 aliphatic rings. The zero-order valence-corrected chi connectivity index (χ0v) is 10.3. The van der Waals surface area contributed by atoms with Gasteiger partial charge in [-0.1, -0.05) is 6.07 Å². The summed E-state index contributed by atoms with van der Waals surface area (Å²) >= 11 is 0. The maximum Gasteiger partial charge on any atom is 0.292 e. The number of aryl methyl sites for hydroxylation is 1. The Bertz CT molecular complexity index is 599. The Hall–Kier alpha value is -2.50. The first-order valence-corrected chi connectivity index (χ1v) is 5.65. The second-order valence-electron chi connectivity index (χ2n) is 4.10. The van der Waals surface area contributed by atoms with Gasteiger partial charge in [-0.2, -0.15) is 0 Å². The quantitative estimate of drug-likeness (QED) is 0.678. The minimum absolute atomic E-state index is 0.146. The van der Waals surface area contributed by atoms with Crippen molar-refractivity contribution in [3.05, 3.63) is 63.7 Å². The zero-order valence-electron chi connectivity index (χ0n) is 10.3. The summed E-state index contributed by atoms with van der Waals surface area (Å²) in [5.41, 5.74) is 1.74. The molecule has 0 fully saturated rings. The van der Waals surface area contributed by atoms with E-state index in [9.17, 15) is 14.5 Å². The average Bonchev–Trinajstić information content (AvgIpc) is 2.38. The molecule has 19 heavy (non-hydrogen) atoms. The number of nitrogens with zero attached hydrogens (tertiary/aromatic N) is 2. The average molecular weight is 261 g/mol. The van der Waals surface area contributed by atoms with Gasteiger partial charge < -0.3 is 5.32 Å².